The van der Waals surface area contributed by atoms with E-state index in [1.54, 1.807) is 12.4 Å². The van der Waals surface area contributed by atoms with Gasteiger partial charge < -0.3 is 0 Å². The Morgan fingerprint density at radius 2 is 2.08 bits per heavy atom. The van der Waals surface area contributed by atoms with Crippen molar-refractivity contribution < 1.29 is 4.39 Å². The van der Waals surface area contributed by atoms with Crippen LogP contribution < -0.4 is 0 Å². The predicted octanol–water partition coefficient (Wildman–Crippen LogP) is 3.16. The topological polar surface area (TPSA) is 61.4 Å². The lowest BCUT2D eigenvalue weighted by molar-refractivity contribution is 0.311. The zero-order valence-electron chi connectivity index (χ0n) is 14.6. The summed E-state index contributed by atoms with van der Waals surface area (Å²) < 4.78 is 17.5. The van der Waals surface area contributed by atoms with Crippen LogP contribution in [0.25, 0.3) is 11.4 Å². The van der Waals surface area contributed by atoms with Gasteiger partial charge in [-0.2, -0.15) is 10.2 Å². The molecular formula is C18H21FN6. The van der Waals surface area contributed by atoms with Gasteiger partial charge >= 0.3 is 0 Å². The summed E-state index contributed by atoms with van der Waals surface area (Å²) in [5, 5.41) is 9.00. The van der Waals surface area contributed by atoms with Crippen molar-refractivity contribution in [1.82, 2.24) is 29.5 Å². The number of fused-ring (bicyclic) bond motifs is 1. The lowest BCUT2D eigenvalue weighted by Gasteiger charge is -2.27. The van der Waals surface area contributed by atoms with E-state index in [4.69, 9.17) is 10.1 Å². The van der Waals surface area contributed by atoms with Crippen molar-refractivity contribution in [3.8, 4) is 11.4 Å². The van der Waals surface area contributed by atoms with Crippen molar-refractivity contribution in [3.05, 3.63) is 48.1 Å². The molecule has 1 atom stereocenters. The van der Waals surface area contributed by atoms with E-state index < -0.39 is 0 Å². The highest BCUT2D eigenvalue weighted by Crippen LogP contribution is 2.31. The van der Waals surface area contributed by atoms with E-state index in [0.29, 0.717) is 11.4 Å². The Labute approximate surface area is 145 Å². The van der Waals surface area contributed by atoms with Gasteiger partial charge in [0.2, 0.25) is 0 Å². The van der Waals surface area contributed by atoms with Crippen LogP contribution in [0.15, 0.2) is 30.6 Å². The summed E-state index contributed by atoms with van der Waals surface area (Å²) in [6, 6.07) is 6.43. The molecule has 1 aliphatic heterocycles. The Kier molecular flexibility index (Phi) is 3.67. The van der Waals surface area contributed by atoms with Crippen molar-refractivity contribution in [2.45, 2.75) is 51.6 Å². The molecule has 3 heterocycles. The third-order valence-corrected chi connectivity index (χ3v) is 4.52. The van der Waals surface area contributed by atoms with E-state index in [-0.39, 0.29) is 17.3 Å². The predicted molar refractivity (Wildman–Crippen MR) is 91.5 cm³/mol. The lowest BCUT2D eigenvalue weighted by atomic mass is 9.97. The summed E-state index contributed by atoms with van der Waals surface area (Å²) in [4.78, 5) is 9.08. The second-order valence-corrected chi connectivity index (χ2v) is 7.48. The van der Waals surface area contributed by atoms with E-state index >= 15 is 0 Å². The van der Waals surface area contributed by atoms with Crippen molar-refractivity contribution >= 4 is 0 Å². The molecule has 0 N–H and O–H groups in total. The van der Waals surface area contributed by atoms with Gasteiger partial charge in [-0.3, -0.25) is 0 Å². The SMILES string of the molecule is CC(C)(C)n1nc(-c2cccc(F)c2)nc1C1CCc2ncnn2C1. The number of rotatable bonds is 2. The first-order valence-corrected chi connectivity index (χ1v) is 8.52. The molecule has 0 saturated carbocycles. The largest absolute Gasteiger partial charge is 0.249 e. The maximum absolute atomic E-state index is 13.6. The fourth-order valence-corrected chi connectivity index (χ4v) is 3.28. The first-order chi connectivity index (χ1) is 11.9. The molecule has 1 unspecified atom stereocenters. The fourth-order valence-electron chi connectivity index (χ4n) is 3.28. The third-order valence-electron chi connectivity index (χ3n) is 4.52. The van der Waals surface area contributed by atoms with Crippen LogP contribution in [-0.2, 0) is 18.5 Å². The standard InChI is InChI=1S/C18H21FN6/c1-18(2,3)25-17(13-7-8-15-20-11-21-24(15)10-13)22-16(23-25)12-5-4-6-14(19)9-12/h4-6,9,11,13H,7-8,10H2,1-3H3. The molecule has 1 aromatic carbocycles. The highest BCUT2D eigenvalue weighted by Gasteiger charge is 2.30. The highest BCUT2D eigenvalue weighted by atomic mass is 19.1. The van der Waals surface area contributed by atoms with E-state index in [1.807, 2.05) is 15.4 Å². The summed E-state index contributed by atoms with van der Waals surface area (Å²) in [6.07, 6.45) is 3.43. The number of benzene rings is 1. The monoisotopic (exact) mass is 340 g/mol. The number of aromatic nitrogens is 6. The molecule has 0 fully saturated rings. The number of hydrogen-bond donors (Lipinski definition) is 0. The van der Waals surface area contributed by atoms with Gasteiger partial charge in [0.25, 0.3) is 0 Å². The zero-order chi connectivity index (χ0) is 17.6. The minimum atomic E-state index is -0.281. The second-order valence-electron chi connectivity index (χ2n) is 7.48. The van der Waals surface area contributed by atoms with Gasteiger partial charge in [0, 0.05) is 17.9 Å². The first-order valence-electron chi connectivity index (χ1n) is 8.52. The third kappa shape index (κ3) is 2.94. The molecular weight excluding hydrogens is 319 g/mol. The van der Waals surface area contributed by atoms with Gasteiger partial charge in [0.05, 0.1) is 12.1 Å². The molecule has 0 spiro atoms. The summed E-state index contributed by atoms with van der Waals surface area (Å²) >= 11 is 0. The molecule has 130 valence electrons. The minimum absolute atomic E-state index is 0.211. The average molecular weight is 340 g/mol. The molecule has 2 aromatic heterocycles. The van der Waals surface area contributed by atoms with Crippen LogP contribution in [-0.4, -0.2) is 29.5 Å². The highest BCUT2D eigenvalue weighted by molar-refractivity contribution is 5.54. The smallest absolute Gasteiger partial charge is 0.181 e. The van der Waals surface area contributed by atoms with Gasteiger partial charge in [-0.1, -0.05) is 12.1 Å². The van der Waals surface area contributed by atoms with Gasteiger partial charge in [-0.05, 0) is 39.3 Å². The van der Waals surface area contributed by atoms with E-state index in [0.717, 1.165) is 31.0 Å². The first kappa shape index (κ1) is 15.9. The molecule has 0 saturated heterocycles. The Morgan fingerprint density at radius 3 is 2.84 bits per heavy atom. The zero-order valence-corrected chi connectivity index (χ0v) is 14.6. The van der Waals surface area contributed by atoms with Gasteiger partial charge in [0.15, 0.2) is 5.82 Å². The summed E-state index contributed by atoms with van der Waals surface area (Å²) in [7, 11) is 0. The van der Waals surface area contributed by atoms with E-state index in [1.165, 1.54) is 12.1 Å². The summed E-state index contributed by atoms with van der Waals surface area (Å²) in [5.41, 5.74) is 0.484. The van der Waals surface area contributed by atoms with E-state index in [9.17, 15) is 4.39 Å². The number of halogens is 1. The Morgan fingerprint density at radius 1 is 1.24 bits per heavy atom. The van der Waals surface area contributed by atoms with Crippen LogP contribution in [0.2, 0.25) is 0 Å². The molecule has 3 aromatic rings. The molecule has 4 rings (SSSR count). The molecule has 0 bridgehead atoms. The van der Waals surface area contributed by atoms with Gasteiger partial charge in [0.1, 0.15) is 23.8 Å². The van der Waals surface area contributed by atoms with E-state index in [2.05, 4.69) is 30.9 Å². The Bertz CT molecular complexity index is 904. The van der Waals surface area contributed by atoms with Gasteiger partial charge in [-0.15, -0.1) is 0 Å². The normalized spacial score (nSPS) is 17.5. The molecule has 0 amide bonds. The molecule has 0 radical (unpaired) electrons. The van der Waals surface area contributed by atoms with Gasteiger partial charge in [-0.25, -0.2) is 23.7 Å². The van der Waals surface area contributed by atoms with Crippen molar-refractivity contribution in [2.75, 3.05) is 0 Å². The maximum atomic E-state index is 13.6. The molecule has 1 aliphatic rings. The molecule has 25 heavy (non-hydrogen) atoms. The van der Waals surface area contributed by atoms with Crippen LogP contribution in [0.1, 0.15) is 44.8 Å². The summed E-state index contributed by atoms with van der Waals surface area (Å²) in [6.45, 7) is 7.05. The van der Waals surface area contributed by atoms with Crippen molar-refractivity contribution in [3.63, 3.8) is 0 Å². The van der Waals surface area contributed by atoms with Crippen LogP contribution >= 0.6 is 0 Å². The van der Waals surface area contributed by atoms with Crippen LogP contribution in [0.5, 0.6) is 0 Å². The summed E-state index contributed by atoms with van der Waals surface area (Å²) in [5.74, 6) is 2.43. The minimum Gasteiger partial charge on any atom is -0.249 e. The Hall–Kier alpha value is -2.57. The second kappa shape index (κ2) is 5.75. The quantitative estimate of drug-likeness (QED) is 0.719. The maximum Gasteiger partial charge on any atom is 0.181 e. The number of nitrogens with zero attached hydrogens (tertiary/aromatic N) is 6. The average Bonchev–Trinajstić information content (AvgIpc) is 3.20. The van der Waals surface area contributed by atoms with Crippen LogP contribution in [0.4, 0.5) is 4.39 Å². The van der Waals surface area contributed by atoms with Crippen molar-refractivity contribution in [1.29, 1.82) is 0 Å². The number of aryl methyl sites for hydroxylation is 1. The van der Waals surface area contributed by atoms with Crippen molar-refractivity contribution in [2.24, 2.45) is 0 Å². The fraction of sp³-hybridized carbons (Fsp3) is 0.444. The van der Waals surface area contributed by atoms with Crippen LogP contribution in [0, 0.1) is 5.82 Å². The number of hydrogen-bond acceptors (Lipinski definition) is 4. The molecule has 7 heteroatoms. The van der Waals surface area contributed by atoms with Crippen LogP contribution in [0.3, 0.4) is 0 Å². The molecule has 6 nitrogen and oxygen atoms in total. The Balaban J connectivity index is 1.76. The lowest BCUT2D eigenvalue weighted by Crippen LogP contribution is -2.30. The molecule has 0 aliphatic carbocycles.